The van der Waals surface area contributed by atoms with Gasteiger partial charge in [-0.15, -0.1) is 0 Å². The third-order valence-corrected chi connectivity index (χ3v) is 4.45. The van der Waals surface area contributed by atoms with E-state index in [4.69, 9.17) is 22.1 Å². The Hall–Kier alpha value is -0.300. The van der Waals surface area contributed by atoms with Gasteiger partial charge in [-0.05, 0) is 64.6 Å². The molecule has 2 rings (SSSR count). The maximum Gasteiger partial charge on any atom is 0.124 e. The summed E-state index contributed by atoms with van der Waals surface area (Å²) in [6, 6.07) is 11.2. The molecular weight excluding hydrogens is 440 g/mol. The maximum atomic E-state index is 6.36. The predicted octanol–water partition coefficient (Wildman–Crippen LogP) is 4.76. The van der Waals surface area contributed by atoms with Crippen LogP contribution in [0, 0.1) is 3.57 Å². The maximum absolute atomic E-state index is 6.36. The average molecular weight is 453 g/mol. The van der Waals surface area contributed by atoms with Gasteiger partial charge >= 0.3 is 0 Å². The summed E-state index contributed by atoms with van der Waals surface area (Å²) in [5.41, 5.74) is 8.24. The van der Waals surface area contributed by atoms with Crippen molar-refractivity contribution in [2.24, 2.45) is 5.73 Å². The molecule has 0 saturated carbocycles. The number of methoxy groups -OCH3 is 1. The number of benzene rings is 2. The van der Waals surface area contributed by atoms with Crippen LogP contribution in [-0.2, 0) is 0 Å². The van der Waals surface area contributed by atoms with Gasteiger partial charge in [0, 0.05) is 18.6 Å². The second-order valence-electron chi connectivity index (χ2n) is 4.03. The molecule has 0 amide bonds. The largest absolute Gasteiger partial charge is 0.496 e. The first-order chi connectivity index (χ1) is 9.02. The molecule has 2 aromatic carbocycles. The first-order valence-electron chi connectivity index (χ1n) is 5.57. The number of halogens is 3. The van der Waals surface area contributed by atoms with Gasteiger partial charge in [0.15, 0.2) is 0 Å². The lowest BCUT2D eigenvalue weighted by Crippen LogP contribution is -2.14. The van der Waals surface area contributed by atoms with Crippen molar-refractivity contribution in [1.29, 1.82) is 0 Å². The first-order valence-corrected chi connectivity index (χ1v) is 7.82. The molecule has 2 nitrogen and oxygen atoms in total. The molecule has 0 spiro atoms. The molecule has 100 valence electrons. The fourth-order valence-corrected chi connectivity index (χ4v) is 3.06. The Balaban J connectivity index is 2.51. The summed E-state index contributed by atoms with van der Waals surface area (Å²) in [7, 11) is 1.63. The Morgan fingerprint density at radius 2 is 1.95 bits per heavy atom. The van der Waals surface area contributed by atoms with Crippen molar-refractivity contribution in [3.63, 3.8) is 0 Å². The molecule has 2 aromatic rings. The molecule has 0 aliphatic carbocycles. The van der Waals surface area contributed by atoms with Crippen molar-refractivity contribution in [1.82, 2.24) is 0 Å². The minimum atomic E-state index is -0.294. The molecule has 0 radical (unpaired) electrons. The van der Waals surface area contributed by atoms with Gasteiger partial charge in [0.1, 0.15) is 5.75 Å². The highest BCUT2D eigenvalue weighted by atomic mass is 127. The molecule has 0 heterocycles. The molecular formula is C14H12BrClINO. The molecule has 0 fully saturated rings. The van der Waals surface area contributed by atoms with Gasteiger partial charge < -0.3 is 10.5 Å². The SMILES string of the molecule is COc1ccc(Cl)cc1C(N)c1cc(I)ccc1Br. The van der Waals surface area contributed by atoms with Crippen molar-refractivity contribution in [3.05, 3.63) is 60.6 Å². The monoisotopic (exact) mass is 451 g/mol. The fourth-order valence-electron chi connectivity index (χ4n) is 1.87. The van der Waals surface area contributed by atoms with Crippen molar-refractivity contribution in [2.45, 2.75) is 6.04 Å². The molecule has 0 saturated heterocycles. The van der Waals surface area contributed by atoms with E-state index in [1.807, 2.05) is 24.3 Å². The van der Waals surface area contributed by atoms with Crippen LogP contribution in [0.15, 0.2) is 40.9 Å². The van der Waals surface area contributed by atoms with E-state index in [1.165, 1.54) is 0 Å². The van der Waals surface area contributed by atoms with Crippen LogP contribution in [0.3, 0.4) is 0 Å². The quantitative estimate of drug-likeness (QED) is 0.682. The summed E-state index contributed by atoms with van der Waals surface area (Å²) in [5.74, 6) is 0.739. The zero-order valence-electron chi connectivity index (χ0n) is 10.2. The minimum absolute atomic E-state index is 0.294. The predicted molar refractivity (Wildman–Crippen MR) is 90.9 cm³/mol. The Bertz CT molecular complexity index is 606. The highest BCUT2D eigenvalue weighted by Crippen LogP contribution is 2.34. The molecule has 0 aromatic heterocycles. The number of rotatable bonds is 3. The molecule has 1 atom stereocenters. The second-order valence-corrected chi connectivity index (χ2v) is 6.57. The van der Waals surface area contributed by atoms with Gasteiger partial charge in [-0.25, -0.2) is 0 Å². The third kappa shape index (κ3) is 3.42. The van der Waals surface area contributed by atoms with E-state index in [1.54, 1.807) is 13.2 Å². The van der Waals surface area contributed by atoms with Gasteiger partial charge in [0.2, 0.25) is 0 Å². The van der Waals surface area contributed by atoms with Crippen LogP contribution in [0.25, 0.3) is 0 Å². The summed E-state index contributed by atoms with van der Waals surface area (Å²) in [6.45, 7) is 0. The van der Waals surface area contributed by atoms with E-state index < -0.39 is 0 Å². The van der Waals surface area contributed by atoms with Crippen LogP contribution in [0.1, 0.15) is 17.2 Å². The Kier molecular flexibility index (Phi) is 5.11. The Labute approximate surface area is 139 Å². The van der Waals surface area contributed by atoms with E-state index in [0.717, 1.165) is 24.9 Å². The summed E-state index contributed by atoms with van der Waals surface area (Å²) in [5, 5.41) is 0.646. The highest BCUT2D eigenvalue weighted by Gasteiger charge is 2.17. The van der Waals surface area contributed by atoms with Crippen LogP contribution in [0.4, 0.5) is 0 Å². The van der Waals surface area contributed by atoms with Gasteiger partial charge in [-0.3, -0.25) is 0 Å². The smallest absolute Gasteiger partial charge is 0.124 e. The molecule has 5 heteroatoms. The lowest BCUT2D eigenvalue weighted by molar-refractivity contribution is 0.408. The molecule has 0 bridgehead atoms. The van der Waals surface area contributed by atoms with Crippen molar-refractivity contribution in [2.75, 3.05) is 7.11 Å². The number of nitrogens with two attached hydrogens (primary N) is 1. The summed E-state index contributed by atoms with van der Waals surface area (Å²) >= 11 is 11.9. The lowest BCUT2D eigenvalue weighted by atomic mass is 9.99. The summed E-state index contributed by atoms with van der Waals surface area (Å²) in [6.07, 6.45) is 0. The first kappa shape index (κ1) is 15.1. The van der Waals surface area contributed by atoms with Crippen LogP contribution in [0.2, 0.25) is 5.02 Å². The van der Waals surface area contributed by atoms with Crippen molar-refractivity contribution in [3.8, 4) is 5.75 Å². The normalized spacial score (nSPS) is 12.3. The minimum Gasteiger partial charge on any atom is -0.496 e. The van der Waals surface area contributed by atoms with E-state index in [-0.39, 0.29) is 6.04 Å². The van der Waals surface area contributed by atoms with Gasteiger partial charge in [-0.1, -0.05) is 27.5 Å². The van der Waals surface area contributed by atoms with E-state index in [9.17, 15) is 0 Å². The fraction of sp³-hybridized carbons (Fsp3) is 0.143. The molecule has 0 aliphatic heterocycles. The Morgan fingerprint density at radius 1 is 1.21 bits per heavy atom. The molecule has 1 unspecified atom stereocenters. The van der Waals surface area contributed by atoms with Crippen LogP contribution in [-0.4, -0.2) is 7.11 Å². The number of hydrogen-bond donors (Lipinski definition) is 1. The van der Waals surface area contributed by atoms with Crippen molar-refractivity contribution >= 4 is 50.1 Å². The molecule has 19 heavy (non-hydrogen) atoms. The van der Waals surface area contributed by atoms with Gasteiger partial charge in [0.05, 0.1) is 13.2 Å². The van der Waals surface area contributed by atoms with Gasteiger partial charge in [-0.2, -0.15) is 0 Å². The topological polar surface area (TPSA) is 35.2 Å². The van der Waals surface area contributed by atoms with Crippen LogP contribution >= 0.6 is 50.1 Å². The van der Waals surface area contributed by atoms with Crippen molar-refractivity contribution < 1.29 is 4.74 Å². The second kappa shape index (κ2) is 6.43. The zero-order chi connectivity index (χ0) is 14.0. The number of ether oxygens (including phenoxy) is 1. The third-order valence-electron chi connectivity index (χ3n) is 2.82. The highest BCUT2D eigenvalue weighted by molar-refractivity contribution is 14.1. The molecule has 0 aliphatic rings. The number of hydrogen-bond acceptors (Lipinski definition) is 2. The summed E-state index contributed by atoms with van der Waals surface area (Å²) in [4.78, 5) is 0. The lowest BCUT2D eigenvalue weighted by Gasteiger charge is -2.18. The van der Waals surface area contributed by atoms with E-state index >= 15 is 0 Å². The van der Waals surface area contributed by atoms with E-state index in [0.29, 0.717) is 5.02 Å². The summed E-state index contributed by atoms with van der Waals surface area (Å²) < 4.78 is 7.46. The zero-order valence-corrected chi connectivity index (χ0v) is 14.7. The van der Waals surface area contributed by atoms with Crippen LogP contribution < -0.4 is 10.5 Å². The van der Waals surface area contributed by atoms with E-state index in [2.05, 4.69) is 44.6 Å². The Morgan fingerprint density at radius 3 is 2.63 bits per heavy atom. The molecule has 2 N–H and O–H groups in total. The average Bonchev–Trinajstić information content (AvgIpc) is 2.40. The van der Waals surface area contributed by atoms with Gasteiger partial charge in [0.25, 0.3) is 0 Å². The standard InChI is InChI=1S/C14H12BrClINO/c1-19-13-5-2-8(16)6-11(13)14(18)10-7-9(17)3-4-12(10)15/h2-7,14H,18H2,1H3. The van der Waals surface area contributed by atoms with Crippen LogP contribution in [0.5, 0.6) is 5.75 Å².